The predicted molar refractivity (Wildman–Crippen MR) is 77.4 cm³/mol. The Morgan fingerprint density at radius 3 is 2.50 bits per heavy atom. The van der Waals surface area contributed by atoms with Gasteiger partial charge in [-0.25, -0.2) is 13.2 Å². The van der Waals surface area contributed by atoms with E-state index in [1.165, 1.54) is 24.3 Å². The molecule has 0 atom stereocenters. The number of sulfone groups is 1. The van der Waals surface area contributed by atoms with Crippen molar-refractivity contribution >= 4 is 33.2 Å². The molecule has 0 aliphatic rings. The van der Waals surface area contributed by atoms with Crippen LogP contribution in [0.25, 0.3) is 0 Å². The number of carbonyl (C=O) groups is 1. The van der Waals surface area contributed by atoms with Crippen molar-refractivity contribution in [1.82, 2.24) is 0 Å². The van der Waals surface area contributed by atoms with Crippen LogP contribution in [0.1, 0.15) is 23.7 Å². The molecule has 2 N–H and O–H groups in total. The Balaban J connectivity index is 2.63. The smallest absolute Gasteiger partial charge is 0.365 e. The minimum absolute atomic E-state index is 0.00828. The maximum Gasteiger partial charge on any atom is 0.365 e. The lowest BCUT2D eigenvalue weighted by atomic mass is 10.2. The lowest BCUT2D eigenvalue weighted by Gasteiger charge is -2.02. The Bertz CT molecular complexity index is 596. The SMILES string of the molecule is CCCS(=O)(=O)C/C(N)=N/OC(=O)c1ccc(Cl)cc1. The minimum Gasteiger partial charge on any atom is -0.384 e. The number of rotatable bonds is 6. The molecule has 0 aliphatic heterocycles. The number of halogens is 1. The Labute approximate surface area is 122 Å². The van der Waals surface area contributed by atoms with E-state index in [1.54, 1.807) is 6.92 Å². The standard InChI is InChI=1S/C12H15ClN2O4S/c1-2-7-20(17,18)8-11(14)15-19-12(16)9-3-5-10(13)6-4-9/h3-6H,2,7-8H2,1H3,(H2,14,15). The summed E-state index contributed by atoms with van der Waals surface area (Å²) < 4.78 is 23.0. The van der Waals surface area contributed by atoms with E-state index in [2.05, 4.69) is 9.99 Å². The normalized spacial score (nSPS) is 12.2. The number of carbonyl (C=O) groups excluding carboxylic acids is 1. The molecule has 0 aliphatic carbocycles. The van der Waals surface area contributed by atoms with Crippen LogP contribution in [0.4, 0.5) is 0 Å². The van der Waals surface area contributed by atoms with Crippen LogP contribution < -0.4 is 5.73 Å². The number of nitrogens with zero attached hydrogens (tertiary/aromatic N) is 1. The summed E-state index contributed by atoms with van der Waals surface area (Å²) in [4.78, 5) is 16.1. The van der Waals surface area contributed by atoms with E-state index in [1.807, 2.05) is 0 Å². The second kappa shape index (κ2) is 7.25. The first-order chi connectivity index (χ1) is 9.34. The third-order valence-corrected chi connectivity index (χ3v) is 4.23. The molecule has 0 spiro atoms. The fourth-order valence-electron chi connectivity index (χ4n) is 1.37. The van der Waals surface area contributed by atoms with Gasteiger partial charge in [0.1, 0.15) is 5.75 Å². The summed E-state index contributed by atoms with van der Waals surface area (Å²) in [5, 5.41) is 3.80. The van der Waals surface area contributed by atoms with Gasteiger partial charge in [0.05, 0.1) is 11.3 Å². The van der Waals surface area contributed by atoms with E-state index in [9.17, 15) is 13.2 Å². The van der Waals surface area contributed by atoms with Crippen molar-refractivity contribution in [3.8, 4) is 0 Å². The van der Waals surface area contributed by atoms with Gasteiger partial charge in [0, 0.05) is 5.02 Å². The zero-order valence-corrected chi connectivity index (χ0v) is 12.4. The summed E-state index contributed by atoms with van der Waals surface area (Å²) >= 11 is 5.68. The second-order valence-electron chi connectivity index (χ2n) is 4.06. The van der Waals surface area contributed by atoms with Crippen molar-refractivity contribution in [3.05, 3.63) is 34.9 Å². The van der Waals surface area contributed by atoms with Crippen molar-refractivity contribution in [2.75, 3.05) is 11.5 Å². The predicted octanol–water partition coefficient (Wildman–Crippen LogP) is 1.59. The largest absolute Gasteiger partial charge is 0.384 e. The molecule has 0 heterocycles. The van der Waals surface area contributed by atoms with Gasteiger partial charge in [-0.3, -0.25) is 0 Å². The van der Waals surface area contributed by atoms with Gasteiger partial charge in [0.15, 0.2) is 15.7 Å². The van der Waals surface area contributed by atoms with Gasteiger partial charge in [-0.15, -0.1) is 0 Å². The first-order valence-electron chi connectivity index (χ1n) is 5.83. The number of oxime groups is 1. The zero-order valence-electron chi connectivity index (χ0n) is 10.9. The average Bonchev–Trinajstić information content (AvgIpc) is 2.36. The molecule has 1 rings (SSSR count). The molecule has 0 aromatic heterocycles. The number of amidine groups is 1. The summed E-state index contributed by atoms with van der Waals surface area (Å²) in [6, 6.07) is 5.97. The van der Waals surface area contributed by atoms with Crippen LogP contribution in [0.5, 0.6) is 0 Å². The zero-order chi connectivity index (χ0) is 15.2. The van der Waals surface area contributed by atoms with Gasteiger partial charge in [-0.1, -0.05) is 23.7 Å². The molecule has 0 unspecified atom stereocenters. The van der Waals surface area contributed by atoms with Crippen LogP contribution in [-0.4, -0.2) is 31.7 Å². The van der Waals surface area contributed by atoms with Gasteiger partial charge in [0.25, 0.3) is 0 Å². The Morgan fingerprint density at radius 1 is 1.35 bits per heavy atom. The molecule has 1 aromatic rings. The van der Waals surface area contributed by atoms with Crippen LogP contribution in [0.3, 0.4) is 0 Å². The third-order valence-electron chi connectivity index (χ3n) is 2.21. The molecule has 1 aromatic carbocycles. The van der Waals surface area contributed by atoms with Gasteiger partial charge >= 0.3 is 5.97 Å². The topological polar surface area (TPSA) is 98.8 Å². The van der Waals surface area contributed by atoms with E-state index in [0.717, 1.165) is 0 Å². The van der Waals surface area contributed by atoms with Gasteiger partial charge in [-0.2, -0.15) is 0 Å². The highest BCUT2D eigenvalue weighted by Crippen LogP contribution is 2.10. The molecule has 6 nitrogen and oxygen atoms in total. The molecular weight excluding hydrogens is 304 g/mol. The summed E-state index contributed by atoms with van der Waals surface area (Å²) in [6.45, 7) is 1.74. The molecule has 0 amide bonds. The number of benzene rings is 1. The molecule has 0 radical (unpaired) electrons. The van der Waals surface area contributed by atoms with E-state index in [4.69, 9.17) is 17.3 Å². The lowest BCUT2D eigenvalue weighted by Crippen LogP contribution is -2.26. The van der Waals surface area contributed by atoms with E-state index < -0.39 is 21.6 Å². The fraction of sp³-hybridized carbons (Fsp3) is 0.333. The van der Waals surface area contributed by atoms with Crippen LogP contribution in [0.15, 0.2) is 29.4 Å². The van der Waals surface area contributed by atoms with Crippen molar-refractivity contribution in [2.24, 2.45) is 10.9 Å². The molecule has 110 valence electrons. The maximum atomic E-state index is 11.6. The summed E-state index contributed by atoms with van der Waals surface area (Å²) in [5.41, 5.74) is 5.65. The van der Waals surface area contributed by atoms with Crippen LogP contribution in [0, 0.1) is 0 Å². The first-order valence-corrected chi connectivity index (χ1v) is 8.03. The van der Waals surface area contributed by atoms with E-state index in [-0.39, 0.29) is 17.2 Å². The highest BCUT2D eigenvalue weighted by molar-refractivity contribution is 7.92. The van der Waals surface area contributed by atoms with E-state index in [0.29, 0.717) is 11.4 Å². The first kappa shape index (κ1) is 16.5. The van der Waals surface area contributed by atoms with E-state index >= 15 is 0 Å². The molecule has 0 saturated heterocycles. The summed E-state index contributed by atoms with van der Waals surface area (Å²) in [5.74, 6) is -1.43. The highest BCUT2D eigenvalue weighted by Gasteiger charge is 2.13. The summed E-state index contributed by atoms with van der Waals surface area (Å²) in [6.07, 6.45) is 0.486. The summed E-state index contributed by atoms with van der Waals surface area (Å²) in [7, 11) is -3.31. The molecule has 8 heteroatoms. The van der Waals surface area contributed by atoms with Crippen molar-refractivity contribution < 1.29 is 18.0 Å². The number of hydrogen-bond acceptors (Lipinski definition) is 5. The van der Waals surface area contributed by atoms with Crippen LogP contribution in [-0.2, 0) is 14.7 Å². The third kappa shape index (κ3) is 5.58. The monoisotopic (exact) mass is 318 g/mol. The quantitative estimate of drug-likeness (QED) is 0.372. The molecular formula is C12H15ClN2O4S. The Kier molecular flexibility index (Phi) is 5.97. The average molecular weight is 319 g/mol. The Morgan fingerprint density at radius 2 is 1.95 bits per heavy atom. The van der Waals surface area contributed by atoms with Crippen LogP contribution >= 0.6 is 11.6 Å². The highest BCUT2D eigenvalue weighted by atomic mass is 35.5. The lowest BCUT2D eigenvalue weighted by molar-refractivity contribution is 0.0515. The van der Waals surface area contributed by atoms with Crippen molar-refractivity contribution in [1.29, 1.82) is 0 Å². The number of nitrogens with two attached hydrogens (primary N) is 1. The van der Waals surface area contributed by atoms with Gasteiger partial charge < -0.3 is 10.6 Å². The minimum atomic E-state index is -3.31. The fourth-order valence-corrected chi connectivity index (χ4v) is 2.77. The number of hydrogen-bond donors (Lipinski definition) is 1. The van der Waals surface area contributed by atoms with Crippen LogP contribution in [0.2, 0.25) is 5.02 Å². The molecule has 0 fully saturated rings. The molecule has 0 bridgehead atoms. The van der Waals surface area contributed by atoms with Crippen molar-refractivity contribution in [3.63, 3.8) is 0 Å². The van der Waals surface area contributed by atoms with Gasteiger partial charge in [0.2, 0.25) is 0 Å². The Hall–Kier alpha value is -1.60. The maximum absolute atomic E-state index is 11.6. The van der Waals surface area contributed by atoms with Gasteiger partial charge in [-0.05, 0) is 30.7 Å². The molecule has 0 saturated carbocycles. The van der Waals surface area contributed by atoms with Crippen molar-refractivity contribution in [2.45, 2.75) is 13.3 Å². The second-order valence-corrected chi connectivity index (χ2v) is 6.68. The molecule has 20 heavy (non-hydrogen) atoms.